The van der Waals surface area contributed by atoms with Crippen molar-refractivity contribution >= 4 is 48.9 Å². The minimum Gasteiger partial charge on any atom is -0.392 e. The lowest BCUT2D eigenvalue weighted by molar-refractivity contribution is 0.282. The van der Waals surface area contributed by atoms with Gasteiger partial charge in [-0.15, -0.1) is 11.3 Å². The highest BCUT2D eigenvalue weighted by Gasteiger charge is 2.15. The smallest absolute Gasteiger partial charge is 0.240 e. The molecule has 1 aromatic heterocycles. The molecule has 0 fully saturated rings. The quantitative estimate of drug-likeness (QED) is 0.816. The standard InChI is InChI=1S/C12H11BrClNO3S2/c13-9-3-10(19-7-9)5-15-20(17,18)11-2-1-8(6-16)12(14)4-11/h1-4,7,15-16H,5-6H2. The summed E-state index contributed by atoms with van der Waals surface area (Å²) >= 11 is 10.7. The van der Waals surface area contributed by atoms with Crippen molar-refractivity contribution in [3.05, 3.63) is 49.6 Å². The van der Waals surface area contributed by atoms with Crippen LogP contribution in [-0.2, 0) is 23.2 Å². The predicted octanol–water partition coefficient (Wildman–Crippen LogP) is 3.13. The van der Waals surface area contributed by atoms with Crippen LogP contribution >= 0.6 is 38.9 Å². The molecule has 1 heterocycles. The normalized spacial score (nSPS) is 11.8. The Morgan fingerprint density at radius 2 is 2.10 bits per heavy atom. The van der Waals surface area contributed by atoms with Crippen molar-refractivity contribution in [1.29, 1.82) is 0 Å². The lowest BCUT2D eigenvalue weighted by atomic mass is 10.2. The number of hydrogen-bond acceptors (Lipinski definition) is 4. The van der Waals surface area contributed by atoms with Crippen LogP contribution in [0.15, 0.2) is 39.0 Å². The highest BCUT2D eigenvalue weighted by Crippen LogP contribution is 2.22. The molecule has 0 radical (unpaired) electrons. The zero-order valence-corrected chi connectivity index (χ0v) is 14.1. The van der Waals surface area contributed by atoms with Gasteiger partial charge in [-0.2, -0.15) is 0 Å². The van der Waals surface area contributed by atoms with Crippen LogP contribution in [0.2, 0.25) is 5.02 Å². The SMILES string of the molecule is O=S(=O)(NCc1cc(Br)cs1)c1ccc(CO)c(Cl)c1. The lowest BCUT2D eigenvalue weighted by Crippen LogP contribution is -2.22. The minimum atomic E-state index is -3.62. The first-order valence-corrected chi connectivity index (χ1v) is 9.07. The largest absolute Gasteiger partial charge is 0.392 e. The fourth-order valence-electron chi connectivity index (χ4n) is 1.52. The van der Waals surface area contributed by atoms with E-state index in [2.05, 4.69) is 20.7 Å². The van der Waals surface area contributed by atoms with Crippen molar-refractivity contribution in [3.63, 3.8) is 0 Å². The zero-order chi connectivity index (χ0) is 14.8. The molecule has 0 amide bonds. The Morgan fingerprint density at radius 3 is 2.65 bits per heavy atom. The van der Waals surface area contributed by atoms with E-state index in [4.69, 9.17) is 16.7 Å². The van der Waals surface area contributed by atoms with Crippen LogP contribution < -0.4 is 4.72 Å². The van der Waals surface area contributed by atoms with E-state index < -0.39 is 10.0 Å². The van der Waals surface area contributed by atoms with Gasteiger partial charge in [-0.3, -0.25) is 0 Å². The van der Waals surface area contributed by atoms with E-state index in [0.717, 1.165) is 9.35 Å². The van der Waals surface area contributed by atoms with E-state index in [1.165, 1.54) is 29.5 Å². The molecule has 1 aromatic carbocycles. The van der Waals surface area contributed by atoms with E-state index in [1.54, 1.807) is 0 Å². The fourth-order valence-corrected chi connectivity index (χ4v) is 4.34. The van der Waals surface area contributed by atoms with Crippen molar-refractivity contribution in [3.8, 4) is 0 Å². The molecule has 0 aliphatic carbocycles. The van der Waals surface area contributed by atoms with Gasteiger partial charge in [0.15, 0.2) is 0 Å². The zero-order valence-electron chi connectivity index (χ0n) is 10.1. The van der Waals surface area contributed by atoms with Gasteiger partial charge in [0.05, 0.1) is 11.5 Å². The molecule has 0 atom stereocenters. The molecule has 0 saturated heterocycles. The van der Waals surface area contributed by atoms with Crippen LogP contribution in [0, 0.1) is 0 Å². The molecule has 20 heavy (non-hydrogen) atoms. The molecule has 0 aliphatic heterocycles. The highest BCUT2D eigenvalue weighted by atomic mass is 79.9. The number of aliphatic hydroxyl groups excluding tert-OH is 1. The second kappa shape index (κ2) is 6.55. The summed E-state index contributed by atoms with van der Waals surface area (Å²) in [6, 6.07) is 6.11. The Labute approximate surface area is 134 Å². The molecule has 0 spiro atoms. The van der Waals surface area contributed by atoms with E-state index in [-0.39, 0.29) is 23.1 Å². The average molecular weight is 397 g/mol. The van der Waals surface area contributed by atoms with Gasteiger partial charge in [0.25, 0.3) is 0 Å². The molecule has 108 valence electrons. The number of nitrogens with one attached hydrogen (secondary N) is 1. The number of aliphatic hydroxyl groups is 1. The first kappa shape index (κ1) is 15.9. The first-order valence-electron chi connectivity index (χ1n) is 5.54. The molecular formula is C12H11BrClNO3S2. The van der Waals surface area contributed by atoms with Crippen LogP contribution in [-0.4, -0.2) is 13.5 Å². The van der Waals surface area contributed by atoms with Gasteiger partial charge in [0, 0.05) is 26.3 Å². The summed E-state index contributed by atoms with van der Waals surface area (Å²) < 4.78 is 27.7. The number of halogens is 2. The maximum Gasteiger partial charge on any atom is 0.240 e. The summed E-state index contributed by atoms with van der Waals surface area (Å²) in [5.74, 6) is 0. The van der Waals surface area contributed by atoms with E-state index in [9.17, 15) is 8.42 Å². The van der Waals surface area contributed by atoms with Gasteiger partial charge in [-0.25, -0.2) is 13.1 Å². The maximum atomic E-state index is 12.1. The number of sulfonamides is 1. The van der Waals surface area contributed by atoms with Crippen molar-refractivity contribution in [1.82, 2.24) is 4.72 Å². The summed E-state index contributed by atoms with van der Waals surface area (Å²) in [5, 5.41) is 11.1. The van der Waals surface area contributed by atoms with Crippen LogP contribution in [0.25, 0.3) is 0 Å². The monoisotopic (exact) mass is 395 g/mol. The Morgan fingerprint density at radius 1 is 1.35 bits per heavy atom. The second-order valence-corrected chi connectivity index (χ2v) is 8.05. The number of benzene rings is 1. The summed E-state index contributed by atoms with van der Waals surface area (Å²) in [6.07, 6.45) is 0. The molecule has 0 bridgehead atoms. The van der Waals surface area contributed by atoms with Crippen LogP contribution in [0.1, 0.15) is 10.4 Å². The molecule has 4 nitrogen and oxygen atoms in total. The van der Waals surface area contributed by atoms with Gasteiger partial charge in [0.2, 0.25) is 10.0 Å². The van der Waals surface area contributed by atoms with Crippen LogP contribution in [0.5, 0.6) is 0 Å². The molecule has 2 rings (SSSR count). The lowest BCUT2D eigenvalue weighted by Gasteiger charge is -2.07. The molecule has 2 N–H and O–H groups in total. The molecular weight excluding hydrogens is 386 g/mol. The summed E-state index contributed by atoms with van der Waals surface area (Å²) in [5.41, 5.74) is 0.493. The molecule has 2 aromatic rings. The number of thiophene rings is 1. The summed E-state index contributed by atoms with van der Waals surface area (Å²) in [7, 11) is -3.62. The molecule has 0 aliphatic rings. The van der Waals surface area contributed by atoms with Gasteiger partial charge in [0.1, 0.15) is 0 Å². The number of hydrogen-bond donors (Lipinski definition) is 2. The fraction of sp³-hybridized carbons (Fsp3) is 0.167. The second-order valence-electron chi connectivity index (χ2n) is 3.97. The van der Waals surface area contributed by atoms with E-state index >= 15 is 0 Å². The Bertz CT molecular complexity index is 715. The van der Waals surface area contributed by atoms with Crippen LogP contribution in [0.4, 0.5) is 0 Å². The molecule has 0 saturated carbocycles. The van der Waals surface area contributed by atoms with Crippen molar-refractivity contribution in [2.45, 2.75) is 18.0 Å². The van der Waals surface area contributed by atoms with Gasteiger partial charge < -0.3 is 5.11 Å². The Hall–Kier alpha value is -0.440. The topological polar surface area (TPSA) is 66.4 Å². The minimum absolute atomic E-state index is 0.0790. The Balaban J connectivity index is 2.15. The number of rotatable bonds is 5. The van der Waals surface area contributed by atoms with Gasteiger partial charge in [-0.1, -0.05) is 17.7 Å². The van der Waals surface area contributed by atoms with Crippen molar-refractivity contribution in [2.24, 2.45) is 0 Å². The average Bonchev–Trinajstić information content (AvgIpc) is 2.82. The van der Waals surface area contributed by atoms with Gasteiger partial charge in [-0.05, 0) is 39.7 Å². The van der Waals surface area contributed by atoms with Crippen molar-refractivity contribution < 1.29 is 13.5 Å². The third kappa shape index (κ3) is 3.81. The Kier molecular flexibility index (Phi) is 5.22. The summed E-state index contributed by atoms with van der Waals surface area (Å²) in [4.78, 5) is 0.980. The highest BCUT2D eigenvalue weighted by molar-refractivity contribution is 9.10. The summed E-state index contributed by atoms with van der Waals surface area (Å²) in [6.45, 7) is -0.00617. The van der Waals surface area contributed by atoms with Crippen molar-refractivity contribution in [2.75, 3.05) is 0 Å². The first-order chi connectivity index (χ1) is 9.42. The predicted molar refractivity (Wildman–Crippen MR) is 83.4 cm³/mol. The third-order valence-corrected chi connectivity index (χ3v) is 6.01. The van der Waals surface area contributed by atoms with Crippen LogP contribution in [0.3, 0.4) is 0 Å². The molecule has 8 heteroatoms. The third-order valence-electron chi connectivity index (χ3n) is 2.56. The van der Waals surface area contributed by atoms with E-state index in [0.29, 0.717) is 5.56 Å². The van der Waals surface area contributed by atoms with Gasteiger partial charge >= 0.3 is 0 Å². The maximum absolute atomic E-state index is 12.1. The molecule has 0 unspecified atom stereocenters. The van der Waals surface area contributed by atoms with E-state index in [1.807, 2.05) is 11.4 Å².